The molecule has 0 saturated carbocycles. The first kappa shape index (κ1) is 15.2. The second-order valence-electron chi connectivity index (χ2n) is 4.74. The van der Waals surface area contributed by atoms with Crippen molar-refractivity contribution in [3.63, 3.8) is 0 Å². The molecule has 0 spiro atoms. The molecule has 8 heteroatoms. The van der Waals surface area contributed by atoms with E-state index in [0.717, 1.165) is 16.4 Å². The van der Waals surface area contributed by atoms with Crippen LogP contribution in [0.1, 0.15) is 13.3 Å². The number of aliphatic carboxylic acids is 1. The Kier molecular flexibility index (Phi) is 4.04. The number of nitrogens with zero attached hydrogens (tertiary/aromatic N) is 1. The monoisotopic (exact) mass is 321 g/mol. The Morgan fingerprint density at radius 3 is 2.70 bits per heavy atom. The molecule has 5 nitrogen and oxygen atoms in total. The molecular weight excluding hydrogens is 309 g/mol. The van der Waals surface area contributed by atoms with Crippen LogP contribution >= 0.6 is 11.6 Å². The van der Waals surface area contributed by atoms with E-state index < -0.39 is 32.7 Å². The minimum Gasteiger partial charge on any atom is -0.480 e. The molecule has 0 aromatic heterocycles. The summed E-state index contributed by atoms with van der Waals surface area (Å²) < 4.78 is 39.4. The first-order valence-corrected chi connectivity index (χ1v) is 7.76. The quantitative estimate of drug-likeness (QED) is 0.923. The standard InChI is InChI=1S/C12H13ClFNO4S/c1-7-4-5-15(11(7)12(16)17)20(18,19)10-3-2-8(13)6-9(10)14/h2-3,6-7,11H,4-5H2,1H3,(H,16,17). The highest BCUT2D eigenvalue weighted by molar-refractivity contribution is 7.89. The number of rotatable bonds is 3. The molecule has 1 fully saturated rings. The number of hydrogen-bond acceptors (Lipinski definition) is 3. The zero-order chi connectivity index (χ0) is 15.1. The summed E-state index contributed by atoms with van der Waals surface area (Å²) in [5.74, 6) is -2.54. The van der Waals surface area contributed by atoms with Gasteiger partial charge in [0.25, 0.3) is 0 Å². The van der Waals surface area contributed by atoms with Gasteiger partial charge in [0.1, 0.15) is 16.8 Å². The van der Waals surface area contributed by atoms with Crippen LogP contribution < -0.4 is 0 Å². The zero-order valence-electron chi connectivity index (χ0n) is 10.6. The average Bonchev–Trinajstić information content (AvgIpc) is 2.71. The predicted molar refractivity (Wildman–Crippen MR) is 70.5 cm³/mol. The molecule has 2 unspecified atom stereocenters. The minimum atomic E-state index is -4.19. The van der Waals surface area contributed by atoms with Gasteiger partial charge in [-0.3, -0.25) is 4.79 Å². The van der Waals surface area contributed by atoms with Crippen LogP contribution in [0.5, 0.6) is 0 Å². The SMILES string of the molecule is CC1CCN(S(=O)(=O)c2ccc(Cl)cc2F)C1C(=O)O. The normalized spacial score (nSPS) is 23.9. The van der Waals surface area contributed by atoms with Crippen LogP contribution in [0.25, 0.3) is 0 Å². The summed E-state index contributed by atoms with van der Waals surface area (Å²) >= 11 is 5.59. The first-order valence-electron chi connectivity index (χ1n) is 5.95. The molecule has 0 aliphatic carbocycles. The number of sulfonamides is 1. The summed E-state index contributed by atoms with van der Waals surface area (Å²) in [6.07, 6.45) is 0.422. The number of halogens is 2. The number of carboxylic acids is 1. The van der Waals surface area contributed by atoms with Gasteiger partial charge in [-0.1, -0.05) is 18.5 Å². The smallest absolute Gasteiger partial charge is 0.322 e. The lowest BCUT2D eigenvalue weighted by Crippen LogP contribution is -2.42. The Bertz CT molecular complexity index is 649. The van der Waals surface area contributed by atoms with Crippen molar-refractivity contribution >= 4 is 27.6 Å². The molecule has 1 aromatic carbocycles. The molecule has 0 radical (unpaired) electrons. The Labute approximate surface area is 121 Å². The third-order valence-corrected chi connectivity index (χ3v) is 5.54. The van der Waals surface area contributed by atoms with E-state index >= 15 is 0 Å². The fourth-order valence-electron chi connectivity index (χ4n) is 2.36. The Morgan fingerprint density at radius 2 is 2.15 bits per heavy atom. The third-order valence-electron chi connectivity index (χ3n) is 3.39. The van der Waals surface area contributed by atoms with Gasteiger partial charge >= 0.3 is 5.97 Å². The van der Waals surface area contributed by atoms with Crippen LogP contribution in [0, 0.1) is 11.7 Å². The van der Waals surface area contributed by atoms with Crippen molar-refractivity contribution in [2.75, 3.05) is 6.54 Å². The van der Waals surface area contributed by atoms with E-state index in [9.17, 15) is 17.6 Å². The van der Waals surface area contributed by atoms with Gasteiger partial charge in [-0.05, 0) is 30.5 Å². The van der Waals surface area contributed by atoms with Crippen LogP contribution in [0.4, 0.5) is 4.39 Å². The number of benzene rings is 1. The Hall–Kier alpha value is -1.18. The van der Waals surface area contributed by atoms with Crippen molar-refractivity contribution in [3.8, 4) is 0 Å². The molecule has 1 saturated heterocycles. The van der Waals surface area contributed by atoms with E-state index in [-0.39, 0.29) is 17.5 Å². The van der Waals surface area contributed by atoms with E-state index in [4.69, 9.17) is 16.7 Å². The van der Waals surface area contributed by atoms with Crippen molar-refractivity contribution in [1.82, 2.24) is 4.31 Å². The molecular formula is C12H13ClFNO4S. The van der Waals surface area contributed by atoms with Gasteiger partial charge in [-0.2, -0.15) is 4.31 Å². The number of carbonyl (C=O) groups is 1. The van der Waals surface area contributed by atoms with Crippen molar-refractivity contribution < 1.29 is 22.7 Å². The molecule has 0 amide bonds. The van der Waals surface area contributed by atoms with Crippen LogP contribution in [-0.4, -0.2) is 36.4 Å². The van der Waals surface area contributed by atoms with Gasteiger partial charge in [0.2, 0.25) is 10.0 Å². The van der Waals surface area contributed by atoms with Gasteiger partial charge in [0.05, 0.1) is 0 Å². The van der Waals surface area contributed by atoms with Crippen LogP contribution in [0.3, 0.4) is 0 Å². The highest BCUT2D eigenvalue weighted by atomic mass is 35.5. The zero-order valence-corrected chi connectivity index (χ0v) is 12.2. The molecule has 110 valence electrons. The topological polar surface area (TPSA) is 74.7 Å². The van der Waals surface area contributed by atoms with Gasteiger partial charge in [0.15, 0.2) is 0 Å². The maximum atomic E-state index is 13.8. The van der Waals surface area contributed by atoms with Crippen LogP contribution in [0.15, 0.2) is 23.1 Å². The van der Waals surface area contributed by atoms with Crippen molar-refractivity contribution in [2.24, 2.45) is 5.92 Å². The summed E-state index contributed by atoms with van der Waals surface area (Å²) in [5.41, 5.74) is 0. The van der Waals surface area contributed by atoms with Crippen LogP contribution in [0.2, 0.25) is 5.02 Å². The van der Waals surface area contributed by atoms with Crippen molar-refractivity contribution in [2.45, 2.75) is 24.3 Å². The molecule has 1 heterocycles. The third kappa shape index (κ3) is 2.53. The molecule has 1 aromatic rings. The second-order valence-corrected chi connectivity index (χ2v) is 7.03. The fraction of sp³-hybridized carbons (Fsp3) is 0.417. The summed E-state index contributed by atoms with van der Waals surface area (Å²) in [7, 11) is -4.19. The first-order chi connectivity index (χ1) is 9.25. The molecule has 2 atom stereocenters. The molecule has 20 heavy (non-hydrogen) atoms. The predicted octanol–water partition coefficient (Wildman–Crippen LogP) is 1.96. The van der Waals surface area contributed by atoms with Gasteiger partial charge < -0.3 is 5.11 Å². The Morgan fingerprint density at radius 1 is 1.50 bits per heavy atom. The van der Waals surface area contributed by atoms with Gasteiger partial charge in [-0.15, -0.1) is 0 Å². The van der Waals surface area contributed by atoms with Gasteiger partial charge in [0, 0.05) is 11.6 Å². The molecule has 0 bridgehead atoms. The lowest BCUT2D eigenvalue weighted by Gasteiger charge is -2.23. The summed E-state index contributed by atoms with van der Waals surface area (Å²) in [6, 6.07) is 2.03. The lowest BCUT2D eigenvalue weighted by atomic mass is 10.0. The molecule has 1 N–H and O–H groups in total. The molecule has 1 aliphatic heterocycles. The second kappa shape index (κ2) is 5.31. The summed E-state index contributed by atoms with van der Waals surface area (Å²) in [6.45, 7) is 1.72. The highest BCUT2D eigenvalue weighted by Gasteiger charge is 2.44. The summed E-state index contributed by atoms with van der Waals surface area (Å²) in [5, 5.41) is 9.23. The molecule has 2 rings (SSSR count). The van der Waals surface area contributed by atoms with E-state index in [1.165, 1.54) is 6.07 Å². The van der Waals surface area contributed by atoms with E-state index in [0.29, 0.717) is 6.42 Å². The lowest BCUT2D eigenvalue weighted by molar-refractivity contribution is -0.141. The van der Waals surface area contributed by atoms with E-state index in [1.54, 1.807) is 6.92 Å². The van der Waals surface area contributed by atoms with E-state index in [1.807, 2.05) is 0 Å². The molecule has 1 aliphatic rings. The van der Waals surface area contributed by atoms with Crippen molar-refractivity contribution in [3.05, 3.63) is 29.0 Å². The van der Waals surface area contributed by atoms with Crippen molar-refractivity contribution in [1.29, 1.82) is 0 Å². The fourth-order valence-corrected chi connectivity index (χ4v) is 4.26. The Balaban J connectivity index is 2.47. The number of carboxylic acid groups (broad SMARTS) is 1. The summed E-state index contributed by atoms with van der Waals surface area (Å²) in [4.78, 5) is 10.7. The minimum absolute atomic E-state index is 0.0581. The highest BCUT2D eigenvalue weighted by Crippen LogP contribution is 2.31. The average molecular weight is 322 g/mol. The van der Waals surface area contributed by atoms with Crippen LogP contribution in [-0.2, 0) is 14.8 Å². The number of hydrogen-bond donors (Lipinski definition) is 1. The maximum absolute atomic E-state index is 13.8. The largest absolute Gasteiger partial charge is 0.480 e. The maximum Gasteiger partial charge on any atom is 0.322 e. The van der Waals surface area contributed by atoms with E-state index in [2.05, 4.69) is 0 Å². The van der Waals surface area contributed by atoms with Gasteiger partial charge in [-0.25, -0.2) is 12.8 Å².